The van der Waals surface area contributed by atoms with E-state index in [4.69, 9.17) is 14.5 Å². The van der Waals surface area contributed by atoms with E-state index in [0.717, 1.165) is 39.7 Å². The van der Waals surface area contributed by atoms with Crippen LogP contribution >= 0.6 is 0 Å². The number of hydrogen-bond acceptors (Lipinski definition) is 5. The van der Waals surface area contributed by atoms with E-state index in [0.29, 0.717) is 26.1 Å². The smallest absolute Gasteiger partial charge is 0.228 e. The number of carbonyl (C=O) groups excluding carboxylic acids is 1. The van der Waals surface area contributed by atoms with Gasteiger partial charge in [-0.2, -0.15) is 0 Å². The van der Waals surface area contributed by atoms with Gasteiger partial charge in [-0.1, -0.05) is 12.1 Å². The zero-order valence-corrected chi connectivity index (χ0v) is 18.8. The summed E-state index contributed by atoms with van der Waals surface area (Å²) < 4.78 is 13.2. The summed E-state index contributed by atoms with van der Waals surface area (Å²) in [6.45, 7) is 3.49. The Labute approximate surface area is 192 Å². The van der Waals surface area contributed by atoms with Crippen LogP contribution in [0.15, 0.2) is 66.9 Å². The van der Waals surface area contributed by atoms with Crippen LogP contribution in [0.3, 0.4) is 0 Å². The van der Waals surface area contributed by atoms with Crippen molar-refractivity contribution in [2.75, 3.05) is 26.8 Å². The third kappa shape index (κ3) is 4.32. The highest BCUT2D eigenvalue weighted by Gasteiger charge is 2.27. The molecule has 1 fully saturated rings. The van der Waals surface area contributed by atoms with Crippen LogP contribution in [0.5, 0.6) is 5.75 Å². The van der Waals surface area contributed by atoms with E-state index in [1.807, 2.05) is 83.1 Å². The van der Waals surface area contributed by atoms with E-state index in [2.05, 4.69) is 4.98 Å². The number of ether oxygens (including phenoxy) is 2. The van der Waals surface area contributed by atoms with Crippen molar-refractivity contribution in [2.24, 2.45) is 0 Å². The third-order valence-electron chi connectivity index (χ3n) is 6.05. The van der Waals surface area contributed by atoms with Crippen molar-refractivity contribution in [3.05, 3.63) is 83.9 Å². The van der Waals surface area contributed by atoms with Gasteiger partial charge in [0.05, 0.1) is 49.5 Å². The first-order chi connectivity index (χ1) is 16.1. The van der Waals surface area contributed by atoms with Gasteiger partial charge in [0.25, 0.3) is 0 Å². The molecule has 7 nitrogen and oxygen atoms in total. The first-order valence-corrected chi connectivity index (χ1v) is 11.1. The average Bonchev–Trinajstić information content (AvgIpc) is 3.19. The van der Waals surface area contributed by atoms with Crippen LogP contribution in [0.2, 0.25) is 0 Å². The van der Waals surface area contributed by atoms with Crippen molar-refractivity contribution < 1.29 is 14.3 Å². The zero-order chi connectivity index (χ0) is 22.8. The van der Waals surface area contributed by atoms with Crippen LogP contribution in [0.25, 0.3) is 16.9 Å². The number of methoxy groups -OCH3 is 1. The van der Waals surface area contributed by atoms with Gasteiger partial charge >= 0.3 is 0 Å². The molecule has 4 aromatic rings. The van der Waals surface area contributed by atoms with Crippen molar-refractivity contribution in [1.29, 1.82) is 0 Å². The van der Waals surface area contributed by atoms with E-state index in [1.165, 1.54) is 0 Å². The topological polar surface area (TPSA) is 69.0 Å². The molecule has 1 unspecified atom stereocenters. The lowest BCUT2D eigenvalue weighted by Gasteiger charge is -2.33. The van der Waals surface area contributed by atoms with E-state index >= 15 is 0 Å². The Hall–Kier alpha value is -3.71. The standard InChI is InChI=1S/C26H26N4O3/c1-18-23(30-13-4-3-8-25(30)27-18)16-26(31)29-14-15-33-24(17-29)22-7-5-6-21(28-22)19-9-11-20(32-2)12-10-19/h3-13,24H,14-17H2,1-2H3. The molecule has 0 spiro atoms. The number of amides is 1. The Bertz CT molecular complexity index is 1280. The second kappa shape index (κ2) is 9.03. The van der Waals surface area contributed by atoms with Crippen LogP contribution in [-0.4, -0.2) is 52.0 Å². The maximum atomic E-state index is 13.2. The summed E-state index contributed by atoms with van der Waals surface area (Å²) in [7, 11) is 1.65. The minimum Gasteiger partial charge on any atom is -0.497 e. The van der Waals surface area contributed by atoms with Gasteiger partial charge in [-0.05, 0) is 55.5 Å². The minimum absolute atomic E-state index is 0.0726. The summed E-state index contributed by atoms with van der Waals surface area (Å²) in [6, 6.07) is 19.6. The van der Waals surface area contributed by atoms with Crippen molar-refractivity contribution in [3.63, 3.8) is 0 Å². The first kappa shape index (κ1) is 21.2. The average molecular weight is 443 g/mol. The number of aromatic nitrogens is 3. The molecule has 168 valence electrons. The fraction of sp³-hybridized carbons (Fsp3) is 0.269. The van der Waals surface area contributed by atoms with Gasteiger partial charge in [0.15, 0.2) is 0 Å². The number of pyridine rings is 2. The Morgan fingerprint density at radius 2 is 1.94 bits per heavy atom. The van der Waals surface area contributed by atoms with Crippen LogP contribution in [-0.2, 0) is 16.0 Å². The van der Waals surface area contributed by atoms with Crippen molar-refractivity contribution >= 4 is 11.6 Å². The lowest BCUT2D eigenvalue weighted by Crippen LogP contribution is -2.43. The molecule has 1 aliphatic rings. The fourth-order valence-electron chi connectivity index (χ4n) is 4.24. The summed E-state index contributed by atoms with van der Waals surface area (Å²) >= 11 is 0. The Kier molecular flexibility index (Phi) is 5.79. The van der Waals surface area contributed by atoms with Gasteiger partial charge in [-0.15, -0.1) is 0 Å². The van der Waals surface area contributed by atoms with Gasteiger partial charge in [0, 0.05) is 18.3 Å². The third-order valence-corrected chi connectivity index (χ3v) is 6.05. The zero-order valence-electron chi connectivity index (χ0n) is 18.8. The number of imidazole rings is 1. The number of nitrogens with zero attached hydrogens (tertiary/aromatic N) is 4. The van der Waals surface area contributed by atoms with Gasteiger partial charge in [-0.3, -0.25) is 4.79 Å². The van der Waals surface area contributed by atoms with E-state index in [-0.39, 0.29) is 12.0 Å². The Morgan fingerprint density at radius 1 is 1.09 bits per heavy atom. The second-order valence-corrected chi connectivity index (χ2v) is 8.12. The molecule has 0 N–H and O–H groups in total. The number of aryl methyl sites for hydroxylation is 1. The SMILES string of the molecule is COc1ccc(-c2cccc(C3CN(C(=O)Cc4c(C)nc5ccccn45)CCO3)n2)cc1. The molecule has 7 heteroatoms. The molecule has 4 heterocycles. The lowest BCUT2D eigenvalue weighted by molar-refractivity contribution is -0.138. The second-order valence-electron chi connectivity index (χ2n) is 8.12. The summed E-state index contributed by atoms with van der Waals surface area (Å²) in [4.78, 5) is 24.5. The van der Waals surface area contributed by atoms with E-state index in [9.17, 15) is 4.79 Å². The molecule has 33 heavy (non-hydrogen) atoms. The minimum atomic E-state index is -0.260. The number of carbonyl (C=O) groups is 1. The molecule has 1 amide bonds. The van der Waals surface area contributed by atoms with Crippen LogP contribution in [0.1, 0.15) is 23.2 Å². The number of benzene rings is 1. The molecule has 1 atom stereocenters. The number of morpholine rings is 1. The largest absolute Gasteiger partial charge is 0.497 e. The molecule has 0 radical (unpaired) electrons. The molecule has 1 aliphatic heterocycles. The first-order valence-electron chi connectivity index (χ1n) is 11.1. The molecule has 1 aromatic carbocycles. The Balaban J connectivity index is 1.32. The summed E-state index contributed by atoms with van der Waals surface area (Å²) in [5, 5.41) is 0. The maximum Gasteiger partial charge on any atom is 0.228 e. The molecular formula is C26H26N4O3. The van der Waals surface area contributed by atoms with Crippen molar-refractivity contribution in [2.45, 2.75) is 19.4 Å². The number of hydrogen-bond donors (Lipinski definition) is 0. The number of fused-ring (bicyclic) bond motifs is 1. The van der Waals surface area contributed by atoms with E-state index in [1.54, 1.807) is 7.11 Å². The summed E-state index contributed by atoms with van der Waals surface area (Å²) in [5.41, 5.74) is 5.36. The highest BCUT2D eigenvalue weighted by atomic mass is 16.5. The quantitative estimate of drug-likeness (QED) is 0.470. The molecule has 1 saturated heterocycles. The fourth-order valence-corrected chi connectivity index (χ4v) is 4.24. The van der Waals surface area contributed by atoms with Crippen LogP contribution in [0, 0.1) is 6.92 Å². The predicted octanol–water partition coefficient (Wildman–Crippen LogP) is 3.86. The van der Waals surface area contributed by atoms with Crippen LogP contribution in [0.4, 0.5) is 0 Å². The number of rotatable bonds is 5. The highest BCUT2D eigenvalue weighted by Crippen LogP contribution is 2.26. The van der Waals surface area contributed by atoms with Crippen LogP contribution < -0.4 is 4.74 Å². The van der Waals surface area contributed by atoms with Gasteiger partial charge in [-0.25, -0.2) is 9.97 Å². The highest BCUT2D eigenvalue weighted by molar-refractivity contribution is 5.79. The summed E-state index contributed by atoms with van der Waals surface area (Å²) in [6.07, 6.45) is 2.00. The predicted molar refractivity (Wildman–Crippen MR) is 125 cm³/mol. The lowest BCUT2D eigenvalue weighted by atomic mass is 10.1. The maximum absolute atomic E-state index is 13.2. The Morgan fingerprint density at radius 3 is 2.76 bits per heavy atom. The van der Waals surface area contributed by atoms with Gasteiger partial charge in [0.1, 0.15) is 17.5 Å². The van der Waals surface area contributed by atoms with Crippen molar-refractivity contribution in [3.8, 4) is 17.0 Å². The monoisotopic (exact) mass is 442 g/mol. The van der Waals surface area contributed by atoms with Gasteiger partial charge < -0.3 is 18.8 Å². The molecule has 5 rings (SSSR count). The van der Waals surface area contributed by atoms with E-state index < -0.39 is 0 Å². The molecule has 3 aromatic heterocycles. The normalized spacial score (nSPS) is 16.2. The molecular weight excluding hydrogens is 416 g/mol. The molecule has 0 saturated carbocycles. The molecule has 0 aliphatic carbocycles. The molecule has 0 bridgehead atoms. The van der Waals surface area contributed by atoms with Crippen molar-refractivity contribution in [1.82, 2.24) is 19.3 Å². The van der Waals surface area contributed by atoms with Gasteiger partial charge in [0.2, 0.25) is 5.91 Å². The summed E-state index contributed by atoms with van der Waals surface area (Å²) in [5.74, 6) is 0.879.